The molecule has 1 aliphatic heterocycles. The maximum Gasteiger partial charge on any atom is 0.422 e. The number of amides is 1. The van der Waals surface area contributed by atoms with Crippen LogP contribution in [0.25, 0.3) is 5.69 Å². The van der Waals surface area contributed by atoms with Gasteiger partial charge in [-0.1, -0.05) is 0 Å². The molecule has 0 spiro atoms. The highest BCUT2D eigenvalue weighted by Gasteiger charge is 2.43. The van der Waals surface area contributed by atoms with Crippen LogP contribution < -0.4 is 4.90 Å². The number of aromatic nitrogens is 2. The number of β-lactam (4-membered cyclic amide) rings is 1. The van der Waals surface area contributed by atoms with Crippen LogP contribution in [0, 0.1) is 34.6 Å². The first kappa shape index (κ1) is 17.7. The Kier molecular flexibility index (Phi) is 3.90. The minimum absolute atomic E-state index is 0.0219. The molecule has 0 atom stereocenters. The third kappa shape index (κ3) is 2.39. The smallest absolute Gasteiger partial charge is 0.295 e. The normalized spacial score (nSPS) is 14.4. The van der Waals surface area contributed by atoms with Gasteiger partial charge in [0.2, 0.25) is 5.91 Å². The number of rotatable bonds is 2. The van der Waals surface area contributed by atoms with E-state index in [1.807, 2.05) is 0 Å². The van der Waals surface area contributed by atoms with Gasteiger partial charge in [-0.25, -0.2) is 22.2 Å². The summed E-state index contributed by atoms with van der Waals surface area (Å²) in [4.78, 5) is 12.4. The Balaban J connectivity index is 2.32. The summed E-state index contributed by atoms with van der Waals surface area (Å²) in [5.41, 5.74) is -4.70. The average Bonchev–Trinajstić information content (AvgIpc) is 2.94. The fourth-order valence-corrected chi connectivity index (χ4v) is 2.44. The maximum atomic E-state index is 14.2. The van der Waals surface area contributed by atoms with Gasteiger partial charge in [-0.3, -0.25) is 9.69 Å². The lowest BCUT2D eigenvalue weighted by molar-refractivity contribution is -0.143. The van der Waals surface area contributed by atoms with Crippen molar-refractivity contribution in [3.8, 4) is 11.8 Å². The Morgan fingerprint density at radius 2 is 1.65 bits per heavy atom. The molecular weight excluding hydrogens is 373 g/mol. The number of hydrogen-bond donors (Lipinski definition) is 0. The van der Waals surface area contributed by atoms with Crippen molar-refractivity contribution < 1.29 is 35.5 Å². The SMILES string of the molecule is N#Cc1cnn(-c2c(F)c(F)c(C(F)(F)F)c(F)c2F)c1N1CCC1=O. The van der Waals surface area contributed by atoms with Crippen molar-refractivity contribution >= 4 is 11.7 Å². The van der Waals surface area contributed by atoms with Crippen LogP contribution in [-0.4, -0.2) is 22.2 Å². The fourth-order valence-electron chi connectivity index (χ4n) is 2.44. The molecule has 2 aromatic rings. The molecule has 0 aliphatic carbocycles. The van der Waals surface area contributed by atoms with E-state index in [-0.39, 0.29) is 23.2 Å². The number of halogens is 7. The van der Waals surface area contributed by atoms with E-state index in [0.29, 0.717) is 0 Å². The summed E-state index contributed by atoms with van der Waals surface area (Å²) in [6.07, 6.45) is -4.89. The van der Waals surface area contributed by atoms with Crippen LogP contribution in [0.4, 0.5) is 36.6 Å². The molecule has 1 aliphatic rings. The minimum atomic E-state index is -5.69. The predicted octanol–water partition coefficient (Wildman–Crippen LogP) is 3.06. The van der Waals surface area contributed by atoms with Gasteiger partial charge >= 0.3 is 6.18 Å². The van der Waals surface area contributed by atoms with Gasteiger partial charge in [0.1, 0.15) is 22.9 Å². The topological polar surface area (TPSA) is 61.9 Å². The molecule has 1 aromatic heterocycles. The second kappa shape index (κ2) is 5.72. The second-order valence-electron chi connectivity index (χ2n) is 5.18. The molecule has 0 bridgehead atoms. The second-order valence-corrected chi connectivity index (χ2v) is 5.18. The van der Waals surface area contributed by atoms with E-state index in [1.165, 1.54) is 0 Å². The number of anilines is 1. The first-order chi connectivity index (χ1) is 12.1. The summed E-state index contributed by atoms with van der Waals surface area (Å²) in [5, 5.41) is 12.4. The van der Waals surface area contributed by atoms with E-state index in [2.05, 4.69) is 5.10 Å². The number of alkyl halides is 3. The van der Waals surface area contributed by atoms with E-state index in [9.17, 15) is 35.5 Å². The number of carbonyl (C=O) groups is 1. The van der Waals surface area contributed by atoms with Gasteiger partial charge in [-0.2, -0.15) is 23.5 Å². The fraction of sp³-hybridized carbons (Fsp3) is 0.214. The molecular formula is C14H5F7N4O. The predicted molar refractivity (Wildman–Crippen MR) is 70.1 cm³/mol. The Labute approximate surface area is 139 Å². The molecule has 2 heterocycles. The van der Waals surface area contributed by atoms with Gasteiger partial charge in [0.25, 0.3) is 0 Å². The number of hydrogen-bond acceptors (Lipinski definition) is 3. The van der Waals surface area contributed by atoms with Crippen molar-refractivity contribution in [3.63, 3.8) is 0 Å². The van der Waals surface area contributed by atoms with Crippen molar-refractivity contribution in [3.05, 3.63) is 40.6 Å². The molecule has 1 saturated heterocycles. The third-order valence-corrected chi connectivity index (χ3v) is 3.71. The third-order valence-electron chi connectivity index (χ3n) is 3.71. The summed E-state index contributed by atoms with van der Waals surface area (Å²) < 4.78 is 94.1. The van der Waals surface area contributed by atoms with Crippen LogP contribution in [0.5, 0.6) is 0 Å². The molecule has 0 radical (unpaired) electrons. The molecule has 1 amide bonds. The Morgan fingerprint density at radius 3 is 2.04 bits per heavy atom. The number of nitriles is 1. The zero-order valence-corrected chi connectivity index (χ0v) is 12.3. The molecule has 5 nitrogen and oxygen atoms in total. The van der Waals surface area contributed by atoms with E-state index in [0.717, 1.165) is 11.1 Å². The summed E-state index contributed by atoms with van der Waals surface area (Å²) in [6.45, 7) is 0.0219. The first-order valence-electron chi connectivity index (χ1n) is 6.81. The lowest BCUT2D eigenvalue weighted by Gasteiger charge is -2.31. The van der Waals surface area contributed by atoms with Crippen LogP contribution in [0.3, 0.4) is 0 Å². The highest BCUT2D eigenvalue weighted by Crippen LogP contribution is 2.39. The van der Waals surface area contributed by atoms with Gasteiger partial charge in [0.05, 0.1) is 6.20 Å². The number of benzene rings is 1. The van der Waals surface area contributed by atoms with Crippen molar-refractivity contribution in [2.75, 3.05) is 11.4 Å². The number of carbonyl (C=O) groups excluding carboxylic acids is 1. The molecule has 26 heavy (non-hydrogen) atoms. The molecule has 1 aromatic carbocycles. The highest BCUT2D eigenvalue weighted by molar-refractivity contribution is 5.99. The summed E-state index contributed by atoms with van der Waals surface area (Å²) in [5.74, 6) is -11.1. The zero-order valence-electron chi connectivity index (χ0n) is 12.3. The lowest BCUT2D eigenvalue weighted by atomic mass is 10.1. The van der Waals surface area contributed by atoms with Gasteiger partial charge in [-0.05, 0) is 0 Å². The lowest BCUT2D eigenvalue weighted by Crippen LogP contribution is -2.45. The van der Waals surface area contributed by atoms with E-state index in [1.54, 1.807) is 6.07 Å². The van der Waals surface area contributed by atoms with Crippen molar-refractivity contribution in [2.45, 2.75) is 12.6 Å². The van der Waals surface area contributed by atoms with Crippen molar-refractivity contribution in [1.82, 2.24) is 9.78 Å². The van der Waals surface area contributed by atoms with Crippen LogP contribution in [0.1, 0.15) is 17.5 Å². The first-order valence-corrected chi connectivity index (χ1v) is 6.81. The minimum Gasteiger partial charge on any atom is -0.295 e. The monoisotopic (exact) mass is 378 g/mol. The molecule has 136 valence electrons. The zero-order chi connectivity index (χ0) is 19.4. The van der Waals surface area contributed by atoms with E-state index >= 15 is 0 Å². The Bertz CT molecular complexity index is 944. The van der Waals surface area contributed by atoms with Gasteiger partial charge in [0, 0.05) is 13.0 Å². The van der Waals surface area contributed by atoms with E-state index in [4.69, 9.17) is 5.26 Å². The summed E-state index contributed by atoms with van der Waals surface area (Å²) in [7, 11) is 0. The van der Waals surface area contributed by atoms with Gasteiger partial charge in [-0.15, -0.1) is 0 Å². The molecule has 1 fully saturated rings. The molecule has 0 unspecified atom stereocenters. The average molecular weight is 378 g/mol. The molecule has 12 heteroatoms. The van der Waals surface area contributed by atoms with Gasteiger partial charge in [0.15, 0.2) is 29.1 Å². The maximum absolute atomic E-state index is 14.2. The van der Waals surface area contributed by atoms with Crippen molar-refractivity contribution in [1.29, 1.82) is 5.26 Å². The Morgan fingerprint density at radius 1 is 1.08 bits per heavy atom. The summed E-state index contributed by atoms with van der Waals surface area (Å²) >= 11 is 0. The standard InChI is InChI=1S/C14H5F7N4O/c15-8-7(14(19,20)21)9(16)11(18)12(10(8)17)25-13(5(3-22)4-23-25)24-2-1-6(24)26/h4H,1-2H2. The van der Waals surface area contributed by atoms with Crippen LogP contribution in [-0.2, 0) is 11.0 Å². The van der Waals surface area contributed by atoms with Crippen LogP contribution >= 0.6 is 0 Å². The van der Waals surface area contributed by atoms with E-state index < -0.39 is 52.4 Å². The van der Waals surface area contributed by atoms with Crippen molar-refractivity contribution in [2.24, 2.45) is 0 Å². The molecule has 0 N–H and O–H groups in total. The van der Waals surface area contributed by atoms with Crippen LogP contribution in [0.2, 0.25) is 0 Å². The molecule has 0 saturated carbocycles. The highest BCUT2D eigenvalue weighted by atomic mass is 19.4. The van der Waals surface area contributed by atoms with Gasteiger partial charge < -0.3 is 0 Å². The Hall–Kier alpha value is -3.10. The molecule has 3 rings (SSSR count). The largest absolute Gasteiger partial charge is 0.422 e. The quantitative estimate of drug-likeness (QED) is 0.459. The summed E-state index contributed by atoms with van der Waals surface area (Å²) in [6, 6.07) is 1.57. The van der Waals surface area contributed by atoms with Crippen LogP contribution in [0.15, 0.2) is 6.20 Å². The number of nitrogens with zero attached hydrogens (tertiary/aromatic N) is 4.